The van der Waals surface area contributed by atoms with Gasteiger partial charge in [-0.2, -0.15) is 0 Å². The molecule has 0 bridgehead atoms. The molecule has 2 rings (SSSR count). The third-order valence-electron chi connectivity index (χ3n) is 6.90. The Morgan fingerprint density at radius 2 is 1.97 bits per heavy atom. The predicted octanol–water partition coefficient (Wildman–Crippen LogP) is 7.94. The molecule has 0 heterocycles. The maximum atomic E-state index is 12.9. The second-order valence-electron chi connectivity index (χ2n) is 10.1. The summed E-state index contributed by atoms with van der Waals surface area (Å²) in [5.74, 6) is 0.988. The van der Waals surface area contributed by atoms with Crippen LogP contribution in [-0.2, 0) is 5.54 Å². The number of nitrogens with zero attached hydrogens (tertiary/aromatic N) is 2. The van der Waals surface area contributed by atoms with Crippen LogP contribution >= 0.6 is 0 Å². The summed E-state index contributed by atoms with van der Waals surface area (Å²) in [5.41, 5.74) is 1.34. The molecule has 2 atom stereocenters. The van der Waals surface area contributed by atoms with E-state index < -0.39 is 11.0 Å². The van der Waals surface area contributed by atoms with Crippen LogP contribution in [0.4, 0.5) is 5.69 Å². The molecule has 0 saturated heterocycles. The number of allylic oxidation sites excluding steroid dienone is 1. The molecule has 0 aromatic heterocycles. The maximum absolute atomic E-state index is 12.9. The molecule has 0 N–H and O–H groups in total. The summed E-state index contributed by atoms with van der Waals surface area (Å²) >= 11 is 0. The Kier molecular flexibility index (Phi) is 9.06. The molecule has 1 aliphatic carbocycles. The number of aliphatic imine (C=N–C) groups is 1. The first-order valence-electron chi connectivity index (χ1n) is 12.2. The number of benzene rings is 1. The number of hydrogen-bond acceptors (Lipinski definition) is 4. The zero-order valence-corrected chi connectivity index (χ0v) is 21.2. The van der Waals surface area contributed by atoms with Crippen molar-refractivity contribution < 1.29 is 9.66 Å². The predicted molar refractivity (Wildman–Crippen MR) is 134 cm³/mol. The fourth-order valence-electron chi connectivity index (χ4n) is 5.02. The Bertz CT molecular complexity index is 851. The Balaban J connectivity index is 2.65. The second kappa shape index (κ2) is 11.1. The van der Waals surface area contributed by atoms with Crippen molar-refractivity contribution in [3.8, 4) is 5.75 Å². The molecular weight excluding hydrogens is 400 g/mol. The van der Waals surface area contributed by atoms with Crippen LogP contribution in [0.5, 0.6) is 5.75 Å². The minimum atomic E-state index is -1.33. The average Bonchev–Trinajstić information content (AvgIpc) is 2.75. The largest absolute Gasteiger partial charge is 0.496 e. The molecular formula is C27H42N2O3. The molecule has 2 unspecified atom stereocenters. The van der Waals surface area contributed by atoms with Gasteiger partial charge >= 0.3 is 0 Å². The van der Waals surface area contributed by atoms with Gasteiger partial charge in [-0.15, -0.1) is 0 Å². The van der Waals surface area contributed by atoms with Crippen molar-refractivity contribution in [3.05, 3.63) is 45.0 Å². The smallest absolute Gasteiger partial charge is 0.276 e. The lowest BCUT2D eigenvalue weighted by Crippen LogP contribution is -2.49. The minimum absolute atomic E-state index is 0.0811. The second-order valence-corrected chi connectivity index (χ2v) is 10.1. The number of unbranched alkanes of at least 4 members (excludes halogenated alkanes) is 1. The van der Waals surface area contributed by atoms with Gasteiger partial charge in [0.15, 0.2) is 0 Å². The van der Waals surface area contributed by atoms with E-state index in [2.05, 4.69) is 19.9 Å². The highest BCUT2D eigenvalue weighted by molar-refractivity contribution is 5.69. The van der Waals surface area contributed by atoms with E-state index >= 15 is 0 Å². The molecule has 0 spiro atoms. The van der Waals surface area contributed by atoms with Crippen molar-refractivity contribution >= 4 is 11.9 Å². The van der Waals surface area contributed by atoms with Crippen molar-refractivity contribution in [1.82, 2.24) is 0 Å². The molecule has 0 aliphatic heterocycles. The monoisotopic (exact) mass is 442 g/mol. The van der Waals surface area contributed by atoms with Crippen LogP contribution in [0.2, 0.25) is 0 Å². The van der Waals surface area contributed by atoms with Crippen LogP contribution in [0.15, 0.2) is 28.8 Å². The molecule has 5 nitrogen and oxygen atoms in total. The summed E-state index contributed by atoms with van der Waals surface area (Å²) in [6.07, 6.45) is 12.4. The Labute approximate surface area is 194 Å². The Morgan fingerprint density at radius 1 is 1.25 bits per heavy atom. The van der Waals surface area contributed by atoms with Gasteiger partial charge in [0.25, 0.3) is 5.54 Å². The zero-order valence-electron chi connectivity index (χ0n) is 21.2. The topological polar surface area (TPSA) is 64.7 Å². The number of ether oxygens (including phenoxy) is 1. The standard InChI is InChI=1S/C27H42N2O3/c1-8-10-14-21(9-2)19-28-24-18-25(32-7)23(17-20(24)3)27(29(30)31,26(4,5)6)22-15-12-11-13-16-22/h15,17-19,21H,8-14,16H2,1-7H3/b28-19+. The number of rotatable bonds is 10. The third-order valence-corrected chi connectivity index (χ3v) is 6.90. The summed E-state index contributed by atoms with van der Waals surface area (Å²) in [6.45, 7) is 12.3. The highest BCUT2D eigenvalue weighted by Crippen LogP contribution is 2.53. The summed E-state index contributed by atoms with van der Waals surface area (Å²) in [6, 6.07) is 3.84. The van der Waals surface area contributed by atoms with Gasteiger partial charge in [0.2, 0.25) is 0 Å². The van der Waals surface area contributed by atoms with Crippen molar-refractivity contribution in [2.45, 2.75) is 98.4 Å². The summed E-state index contributed by atoms with van der Waals surface area (Å²) in [7, 11) is 1.60. The molecule has 1 aromatic rings. The van der Waals surface area contributed by atoms with Crippen LogP contribution in [0, 0.1) is 28.4 Å². The van der Waals surface area contributed by atoms with Crippen LogP contribution in [0.3, 0.4) is 0 Å². The first-order valence-corrected chi connectivity index (χ1v) is 12.2. The first kappa shape index (κ1) is 26.1. The van der Waals surface area contributed by atoms with E-state index in [1.165, 1.54) is 12.8 Å². The number of nitro groups is 1. The van der Waals surface area contributed by atoms with Crippen LogP contribution < -0.4 is 4.74 Å². The van der Waals surface area contributed by atoms with Crippen LogP contribution in [0.1, 0.15) is 97.1 Å². The fraction of sp³-hybridized carbons (Fsp3) is 0.667. The van der Waals surface area contributed by atoms with Gasteiger partial charge in [0.1, 0.15) is 5.75 Å². The fourth-order valence-corrected chi connectivity index (χ4v) is 5.02. The molecule has 5 heteroatoms. The van der Waals surface area contributed by atoms with E-state index in [9.17, 15) is 10.1 Å². The van der Waals surface area contributed by atoms with Gasteiger partial charge in [-0.05, 0) is 63.0 Å². The molecule has 1 aromatic carbocycles. The van der Waals surface area contributed by atoms with E-state index in [-0.39, 0.29) is 4.92 Å². The molecule has 0 radical (unpaired) electrons. The van der Waals surface area contributed by atoms with E-state index in [1.807, 2.05) is 46.0 Å². The van der Waals surface area contributed by atoms with Crippen molar-refractivity contribution in [2.24, 2.45) is 16.3 Å². The first-order chi connectivity index (χ1) is 15.1. The summed E-state index contributed by atoms with van der Waals surface area (Å²) in [4.78, 5) is 17.6. The van der Waals surface area contributed by atoms with Gasteiger partial charge in [0, 0.05) is 28.2 Å². The normalized spacial score (nSPS) is 17.7. The third kappa shape index (κ3) is 5.24. The van der Waals surface area contributed by atoms with Gasteiger partial charge < -0.3 is 4.74 Å². The average molecular weight is 443 g/mol. The van der Waals surface area contributed by atoms with E-state index in [4.69, 9.17) is 9.73 Å². The van der Waals surface area contributed by atoms with E-state index in [0.717, 1.165) is 55.3 Å². The van der Waals surface area contributed by atoms with Crippen molar-refractivity contribution in [2.75, 3.05) is 7.11 Å². The Morgan fingerprint density at radius 3 is 2.47 bits per heavy atom. The highest BCUT2D eigenvalue weighted by atomic mass is 16.6. The molecule has 0 amide bonds. The summed E-state index contributed by atoms with van der Waals surface area (Å²) < 4.78 is 5.78. The van der Waals surface area contributed by atoms with E-state index in [0.29, 0.717) is 17.2 Å². The van der Waals surface area contributed by atoms with Gasteiger partial charge in [0.05, 0.1) is 18.4 Å². The van der Waals surface area contributed by atoms with E-state index in [1.54, 1.807) is 7.11 Å². The number of hydrogen-bond donors (Lipinski definition) is 0. The van der Waals surface area contributed by atoms with Crippen LogP contribution in [0.25, 0.3) is 0 Å². The molecule has 178 valence electrons. The zero-order chi connectivity index (χ0) is 23.9. The quantitative estimate of drug-likeness (QED) is 0.160. The number of methoxy groups -OCH3 is 1. The van der Waals surface area contributed by atoms with Gasteiger partial charge in [-0.25, -0.2) is 0 Å². The number of aryl methyl sites for hydroxylation is 1. The van der Waals surface area contributed by atoms with Crippen molar-refractivity contribution in [1.29, 1.82) is 0 Å². The van der Waals surface area contributed by atoms with Gasteiger partial charge in [-0.1, -0.05) is 53.5 Å². The molecule has 0 fully saturated rings. The van der Waals surface area contributed by atoms with Gasteiger partial charge in [-0.3, -0.25) is 15.1 Å². The lowest BCUT2D eigenvalue weighted by atomic mass is 9.63. The SMILES string of the molecule is CCCCC(/C=N/c1cc(OC)c(C(C2=CCCCC2)([N+](=O)[O-])C(C)(C)C)cc1C)CC. The van der Waals surface area contributed by atoms with Crippen LogP contribution in [-0.4, -0.2) is 18.2 Å². The minimum Gasteiger partial charge on any atom is -0.496 e. The van der Waals surface area contributed by atoms with Crippen molar-refractivity contribution in [3.63, 3.8) is 0 Å². The summed E-state index contributed by atoms with van der Waals surface area (Å²) in [5, 5.41) is 12.9. The lowest BCUT2D eigenvalue weighted by Gasteiger charge is -2.40. The lowest BCUT2D eigenvalue weighted by molar-refractivity contribution is -0.587. The highest BCUT2D eigenvalue weighted by Gasteiger charge is 2.59. The Hall–Kier alpha value is -2.17. The molecule has 32 heavy (non-hydrogen) atoms. The molecule has 1 aliphatic rings. The molecule has 0 saturated carbocycles. The maximum Gasteiger partial charge on any atom is 0.276 e.